The van der Waals surface area contributed by atoms with E-state index >= 15 is 0 Å². The van der Waals surface area contributed by atoms with Gasteiger partial charge < -0.3 is 5.11 Å². The normalized spacial score (nSPS) is 11.2. The van der Waals surface area contributed by atoms with Gasteiger partial charge in [-0.25, -0.2) is 4.98 Å². The molecule has 0 aliphatic rings. The van der Waals surface area contributed by atoms with Gasteiger partial charge in [-0.2, -0.15) is 0 Å². The number of benzene rings is 1. The zero-order valence-corrected chi connectivity index (χ0v) is 10.3. The zero-order chi connectivity index (χ0) is 11.1. The van der Waals surface area contributed by atoms with Gasteiger partial charge in [0.15, 0.2) is 6.20 Å². The Hall–Kier alpha value is -0.973. The van der Waals surface area contributed by atoms with E-state index in [1.807, 2.05) is 12.1 Å². The quantitative estimate of drug-likeness (QED) is 0.513. The number of H-pyrrole nitrogens is 1. The van der Waals surface area contributed by atoms with Gasteiger partial charge >= 0.3 is 18.9 Å². The maximum Gasteiger partial charge on any atom is 1.00 e. The van der Waals surface area contributed by atoms with Crippen LogP contribution in [0.25, 0.3) is 10.9 Å². The number of hydrogen-bond acceptors (Lipinski definition) is 1. The fraction of sp³-hybridized carbons (Fsp3) is 0.308. The van der Waals surface area contributed by atoms with Crippen molar-refractivity contribution in [1.82, 2.24) is 0 Å². The molecule has 0 unspecified atom stereocenters. The first-order valence-electron chi connectivity index (χ1n) is 5.10. The van der Waals surface area contributed by atoms with Crippen LogP contribution in [0.4, 0.5) is 0 Å². The first-order chi connectivity index (χ1) is 6.98. The van der Waals surface area contributed by atoms with Crippen LogP contribution in [-0.2, 0) is 5.41 Å². The van der Waals surface area contributed by atoms with Gasteiger partial charge in [-0.05, 0) is 28.9 Å². The molecule has 0 aliphatic heterocycles. The van der Waals surface area contributed by atoms with Crippen LogP contribution in [0.2, 0.25) is 0 Å². The van der Waals surface area contributed by atoms with Crippen molar-refractivity contribution in [2.75, 3.05) is 0 Å². The summed E-state index contributed by atoms with van der Waals surface area (Å²) in [6.45, 7) is 6.33. The van der Waals surface area contributed by atoms with E-state index in [0.717, 1.165) is 10.9 Å². The molecular weight excluding hydrogens is 193 g/mol. The molecule has 2 rings (SSSR count). The summed E-state index contributed by atoms with van der Waals surface area (Å²) >= 11 is 0. The minimum atomic E-state index is 0. The predicted molar refractivity (Wildman–Crippen MR) is 58.6 cm³/mol. The molecule has 3 heteroatoms. The number of hydrogen-bond donors (Lipinski definition) is 0. The Morgan fingerprint density at radius 2 is 1.88 bits per heavy atom. The molecular formula is C13H15LiNO+. The number of aromatic nitrogens is 1. The van der Waals surface area contributed by atoms with E-state index in [9.17, 15) is 5.11 Å². The van der Waals surface area contributed by atoms with E-state index in [2.05, 4.69) is 31.8 Å². The van der Waals surface area contributed by atoms with E-state index in [1.54, 1.807) is 12.3 Å². The van der Waals surface area contributed by atoms with Gasteiger partial charge in [-0.1, -0.05) is 26.8 Å². The predicted octanol–water partition coefficient (Wildman–Crippen LogP) is -0.971. The second-order valence-electron chi connectivity index (χ2n) is 4.86. The number of nitrogens with one attached hydrogen (secondary N) is 1. The smallest absolute Gasteiger partial charge is 0.868 e. The Morgan fingerprint density at radius 1 is 1.19 bits per heavy atom. The molecule has 1 aromatic heterocycles. The van der Waals surface area contributed by atoms with Gasteiger partial charge in [-0.3, -0.25) is 0 Å². The van der Waals surface area contributed by atoms with E-state index < -0.39 is 0 Å². The van der Waals surface area contributed by atoms with Gasteiger partial charge in [-0.15, -0.1) is 0 Å². The number of rotatable bonds is 0. The Bertz CT molecular complexity index is 503. The second-order valence-corrected chi connectivity index (χ2v) is 4.86. The fourth-order valence-corrected chi connectivity index (χ4v) is 1.64. The maximum absolute atomic E-state index is 11.8. The maximum atomic E-state index is 11.8. The SMILES string of the molecule is CC(C)(C)c1cc([O-])c2[nH+]cccc2c1.[Li+]. The molecule has 16 heavy (non-hydrogen) atoms. The molecule has 1 N–H and O–H groups in total. The Labute approximate surface area is 108 Å². The Morgan fingerprint density at radius 3 is 2.50 bits per heavy atom. The summed E-state index contributed by atoms with van der Waals surface area (Å²) < 4.78 is 0. The molecule has 0 bridgehead atoms. The average molecular weight is 208 g/mol. The fourth-order valence-electron chi connectivity index (χ4n) is 1.64. The molecule has 0 spiro atoms. The Balaban J connectivity index is 0.00000128. The van der Waals surface area contributed by atoms with Crippen LogP contribution in [-0.4, -0.2) is 0 Å². The van der Waals surface area contributed by atoms with E-state index in [4.69, 9.17) is 0 Å². The molecule has 0 amide bonds. The molecule has 0 radical (unpaired) electrons. The van der Waals surface area contributed by atoms with Crippen molar-refractivity contribution in [3.05, 3.63) is 36.0 Å². The van der Waals surface area contributed by atoms with Crippen molar-refractivity contribution >= 4 is 10.9 Å². The van der Waals surface area contributed by atoms with Gasteiger partial charge in [0.05, 0.1) is 0 Å². The largest absolute Gasteiger partial charge is 1.00 e. The first-order valence-corrected chi connectivity index (χ1v) is 5.10. The van der Waals surface area contributed by atoms with E-state index in [-0.39, 0.29) is 30.0 Å². The second kappa shape index (κ2) is 4.49. The average Bonchev–Trinajstić information content (AvgIpc) is 2.16. The van der Waals surface area contributed by atoms with Crippen molar-refractivity contribution in [3.8, 4) is 5.75 Å². The molecule has 2 aromatic rings. The van der Waals surface area contributed by atoms with Crippen LogP contribution < -0.4 is 29.0 Å². The monoisotopic (exact) mass is 208 g/mol. The molecule has 0 atom stereocenters. The van der Waals surface area contributed by atoms with E-state index in [1.165, 1.54) is 0 Å². The molecule has 0 fully saturated rings. The van der Waals surface area contributed by atoms with Gasteiger partial charge in [0.25, 0.3) is 0 Å². The van der Waals surface area contributed by atoms with Crippen LogP contribution in [0.3, 0.4) is 0 Å². The van der Waals surface area contributed by atoms with Crippen molar-refractivity contribution in [3.63, 3.8) is 0 Å². The summed E-state index contributed by atoms with van der Waals surface area (Å²) in [7, 11) is 0. The van der Waals surface area contributed by atoms with Crippen molar-refractivity contribution in [2.45, 2.75) is 26.2 Å². The van der Waals surface area contributed by atoms with Crippen LogP contribution in [0, 0.1) is 0 Å². The van der Waals surface area contributed by atoms with Gasteiger partial charge in [0.1, 0.15) is 0 Å². The molecule has 1 heterocycles. The zero-order valence-electron chi connectivity index (χ0n) is 10.3. The molecule has 0 saturated heterocycles. The van der Waals surface area contributed by atoms with Crippen molar-refractivity contribution < 1.29 is 29.0 Å². The standard InChI is InChI=1S/C13H15NO.Li/c1-13(2,3)10-7-9-5-4-6-14-12(9)11(15)8-10;/h4-8,15H,1-3H3;/q;+1. The van der Waals surface area contributed by atoms with E-state index in [0.29, 0.717) is 5.52 Å². The van der Waals surface area contributed by atoms with Crippen LogP contribution in [0.5, 0.6) is 5.75 Å². The van der Waals surface area contributed by atoms with Crippen LogP contribution in [0.1, 0.15) is 26.3 Å². The van der Waals surface area contributed by atoms with Crippen molar-refractivity contribution in [2.24, 2.45) is 0 Å². The van der Waals surface area contributed by atoms with Gasteiger partial charge in [0.2, 0.25) is 5.52 Å². The third-order valence-electron chi connectivity index (χ3n) is 2.60. The summed E-state index contributed by atoms with van der Waals surface area (Å²) in [5.41, 5.74) is 1.79. The summed E-state index contributed by atoms with van der Waals surface area (Å²) in [5.74, 6) is 0.0676. The molecule has 0 aliphatic carbocycles. The minimum absolute atomic E-state index is 0. The summed E-state index contributed by atoms with van der Waals surface area (Å²) in [6, 6.07) is 7.67. The van der Waals surface area contributed by atoms with Crippen LogP contribution in [0.15, 0.2) is 30.5 Å². The third kappa shape index (κ3) is 2.40. The summed E-state index contributed by atoms with van der Waals surface area (Å²) in [5, 5.41) is 12.8. The third-order valence-corrected chi connectivity index (χ3v) is 2.60. The van der Waals surface area contributed by atoms with Crippen molar-refractivity contribution in [1.29, 1.82) is 0 Å². The number of aromatic amines is 1. The molecule has 1 aromatic carbocycles. The molecule has 0 saturated carbocycles. The Kier molecular flexibility index (Phi) is 3.67. The topological polar surface area (TPSA) is 37.2 Å². The minimum Gasteiger partial charge on any atom is -0.868 e. The first kappa shape index (κ1) is 13.1. The van der Waals surface area contributed by atoms with Gasteiger partial charge in [0, 0.05) is 11.5 Å². The number of fused-ring (bicyclic) bond motifs is 1. The van der Waals surface area contributed by atoms with Crippen LogP contribution >= 0.6 is 0 Å². The summed E-state index contributed by atoms with van der Waals surface area (Å²) in [4.78, 5) is 2.99. The summed E-state index contributed by atoms with van der Waals surface area (Å²) in [6.07, 6.45) is 1.78. The molecule has 78 valence electrons. The number of pyridine rings is 1. The molecule has 2 nitrogen and oxygen atoms in total.